The lowest BCUT2D eigenvalue weighted by molar-refractivity contribution is 0.0701. The topological polar surface area (TPSA) is 20.3 Å². The van der Waals surface area contributed by atoms with E-state index in [9.17, 15) is 4.79 Å². The van der Waals surface area contributed by atoms with Gasteiger partial charge in [0.05, 0.1) is 5.56 Å². The Morgan fingerprint density at radius 2 is 2.16 bits per heavy atom. The third-order valence-corrected chi connectivity index (χ3v) is 5.12. The van der Waals surface area contributed by atoms with Crippen molar-refractivity contribution in [2.75, 3.05) is 11.9 Å². The van der Waals surface area contributed by atoms with Gasteiger partial charge < -0.3 is 4.90 Å². The molecular formula is C14H16Br2ClNO. The molecule has 1 aliphatic rings. The van der Waals surface area contributed by atoms with Gasteiger partial charge in [-0.1, -0.05) is 40.4 Å². The lowest BCUT2D eigenvalue weighted by Crippen LogP contribution is -2.41. The molecule has 1 aromatic rings. The van der Waals surface area contributed by atoms with Crippen molar-refractivity contribution in [2.24, 2.45) is 0 Å². The van der Waals surface area contributed by atoms with Crippen LogP contribution >= 0.6 is 43.5 Å². The van der Waals surface area contributed by atoms with Crippen molar-refractivity contribution in [3.05, 3.63) is 33.3 Å². The highest BCUT2D eigenvalue weighted by Gasteiger charge is 2.26. The van der Waals surface area contributed by atoms with E-state index in [0.29, 0.717) is 10.6 Å². The Morgan fingerprint density at radius 3 is 2.84 bits per heavy atom. The summed E-state index contributed by atoms with van der Waals surface area (Å²) in [6.07, 6.45) is 4.56. The van der Waals surface area contributed by atoms with E-state index in [0.717, 1.165) is 29.2 Å². The summed E-state index contributed by atoms with van der Waals surface area (Å²) in [5.74, 6) is 0.0925. The van der Waals surface area contributed by atoms with Crippen molar-refractivity contribution in [2.45, 2.75) is 31.7 Å². The SMILES string of the molecule is O=C(c1ccc(Cl)cc1Br)N1CCCCCC1CBr. The summed E-state index contributed by atoms with van der Waals surface area (Å²) in [5, 5.41) is 1.47. The third-order valence-electron chi connectivity index (χ3n) is 3.48. The van der Waals surface area contributed by atoms with Crippen LogP contribution in [-0.2, 0) is 0 Å². The molecular weight excluding hydrogens is 393 g/mol. The molecule has 1 aromatic carbocycles. The predicted octanol–water partition coefficient (Wildman–Crippen LogP) is 4.88. The number of carbonyl (C=O) groups is 1. The fourth-order valence-electron chi connectivity index (χ4n) is 2.42. The average molecular weight is 410 g/mol. The molecule has 1 aliphatic heterocycles. The van der Waals surface area contributed by atoms with Crippen molar-refractivity contribution >= 4 is 49.4 Å². The van der Waals surface area contributed by atoms with Crippen LogP contribution in [-0.4, -0.2) is 28.7 Å². The number of hydrogen-bond acceptors (Lipinski definition) is 1. The second kappa shape index (κ2) is 7.09. The highest BCUT2D eigenvalue weighted by molar-refractivity contribution is 9.10. The minimum Gasteiger partial charge on any atom is -0.335 e. The van der Waals surface area contributed by atoms with Crippen LogP contribution < -0.4 is 0 Å². The van der Waals surface area contributed by atoms with E-state index in [4.69, 9.17) is 11.6 Å². The van der Waals surface area contributed by atoms with Gasteiger partial charge in [0.25, 0.3) is 5.91 Å². The molecule has 0 aromatic heterocycles. The second-order valence-corrected chi connectivity index (χ2v) is 6.72. The summed E-state index contributed by atoms with van der Waals surface area (Å²) in [5.41, 5.74) is 0.692. The zero-order valence-corrected chi connectivity index (χ0v) is 14.5. The van der Waals surface area contributed by atoms with E-state index >= 15 is 0 Å². The number of hydrogen-bond donors (Lipinski definition) is 0. The van der Waals surface area contributed by atoms with Crippen molar-refractivity contribution in [3.63, 3.8) is 0 Å². The molecule has 0 spiro atoms. The first-order valence-electron chi connectivity index (χ1n) is 6.45. The van der Waals surface area contributed by atoms with E-state index in [1.54, 1.807) is 18.2 Å². The van der Waals surface area contributed by atoms with Crippen LogP contribution in [0.1, 0.15) is 36.0 Å². The number of carbonyl (C=O) groups excluding carboxylic acids is 1. The summed E-state index contributed by atoms with van der Waals surface area (Å²) in [6, 6.07) is 5.62. The summed E-state index contributed by atoms with van der Waals surface area (Å²) in [7, 11) is 0. The normalized spacial score (nSPS) is 20.2. The van der Waals surface area contributed by atoms with Crippen LogP contribution in [0.15, 0.2) is 22.7 Å². The molecule has 0 radical (unpaired) electrons. The van der Waals surface area contributed by atoms with Crippen LogP contribution in [0.3, 0.4) is 0 Å². The summed E-state index contributed by atoms with van der Waals surface area (Å²) in [4.78, 5) is 14.7. The Labute approximate surface area is 135 Å². The monoisotopic (exact) mass is 407 g/mol. The van der Waals surface area contributed by atoms with Gasteiger partial charge >= 0.3 is 0 Å². The number of rotatable bonds is 2. The van der Waals surface area contributed by atoms with Crippen LogP contribution in [0.25, 0.3) is 0 Å². The second-order valence-electron chi connectivity index (χ2n) is 4.78. The van der Waals surface area contributed by atoms with Crippen molar-refractivity contribution in [3.8, 4) is 0 Å². The van der Waals surface area contributed by atoms with E-state index in [1.165, 1.54) is 12.8 Å². The van der Waals surface area contributed by atoms with Gasteiger partial charge in [0.15, 0.2) is 0 Å². The van der Waals surface area contributed by atoms with Crippen LogP contribution in [0.2, 0.25) is 5.02 Å². The lowest BCUT2D eigenvalue weighted by atomic mass is 10.1. The Kier molecular flexibility index (Phi) is 5.72. The first-order valence-corrected chi connectivity index (χ1v) is 8.74. The zero-order valence-electron chi connectivity index (χ0n) is 10.5. The van der Waals surface area contributed by atoms with E-state index < -0.39 is 0 Å². The molecule has 1 atom stereocenters. The molecule has 0 N–H and O–H groups in total. The molecule has 2 nitrogen and oxygen atoms in total. The molecule has 19 heavy (non-hydrogen) atoms. The Hall–Kier alpha value is -0.0600. The molecule has 5 heteroatoms. The van der Waals surface area contributed by atoms with Crippen molar-refractivity contribution in [1.82, 2.24) is 4.90 Å². The molecule has 1 unspecified atom stereocenters. The first kappa shape index (κ1) is 15.3. The van der Waals surface area contributed by atoms with Crippen LogP contribution in [0, 0.1) is 0 Å². The zero-order chi connectivity index (χ0) is 13.8. The molecule has 1 fully saturated rings. The van der Waals surface area contributed by atoms with Gasteiger partial charge in [-0.2, -0.15) is 0 Å². The lowest BCUT2D eigenvalue weighted by Gasteiger charge is -2.29. The number of amides is 1. The van der Waals surface area contributed by atoms with Gasteiger partial charge in [-0.3, -0.25) is 4.79 Å². The maximum Gasteiger partial charge on any atom is 0.255 e. The van der Waals surface area contributed by atoms with E-state index in [-0.39, 0.29) is 11.9 Å². The van der Waals surface area contributed by atoms with Crippen molar-refractivity contribution < 1.29 is 4.79 Å². The van der Waals surface area contributed by atoms with Gasteiger partial charge in [-0.25, -0.2) is 0 Å². The van der Waals surface area contributed by atoms with Crippen molar-refractivity contribution in [1.29, 1.82) is 0 Å². The average Bonchev–Trinajstić information content (AvgIpc) is 2.63. The van der Waals surface area contributed by atoms with E-state index in [2.05, 4.69) is 31.9 Å². The van der Waals surface area contributed by atoms with Gasteiger partial charge in [0.2, 0.25) is 0 Å². The molecule has 0 aliphatic carbocycles. The Balaban J connectivity index is 2.25. The molecule has 1 saturated heterocycles. The number of benzene rings is 1. The van der Waals surface area contributed by atoms with E-state index in [1.807, 2.05) is 4.90 Å². The van der Waals surface area contributed by atoms with Gasteiger partial charge in [-0.05, 0) is 47.0 Å². The molecule has 1 heterocycles. The fraction of sp³-hybridized carbons (Fsp3) is 0.500. The maximum atomic E-state index is 12.7. The molecule has 0 bridgehead atoms. The standard InChI is InChI=1S/C14H16Br2ClNO/c15-9-11-4-2-1-3-7-18(11)14(19)12-6-5-10(17)8-13(12)16/h5-6,8,11H,1-4,7,9H2. The molecule has 1 amide bonds. The summed E-state index contributed by atoms with van der Waals surface area (Å²) in [6.45, 7) is 0.837. The van der Waals surface area contributed by atoms with Gasteiger partial charge in [0.1, 0.15) is 0 Å². The molecule has 104 valence electrons. The highest BCUT2D eigenvalue weighted by atomic mass is 79.9. The van der Waals surface area contributed by atoms with Crippen LogP contribution in [0.5, 0.6) is 0 Å². The summed E-state index contributed by atoms with van der Waals surface area (Å²) >= 11 is 12.9. The van der Waals surface area contributed by atoms with Gasteiger partial charge in [-0.15, -0.1) is 0 Å². The fourth-order valence-corrected chi connectivity index (χ4v) is 3.95. The van der Waals surface area contributed by atoms with Gasteiger partial charge in [0, 0.05) is 27.4 Å². The minimum absolute atomic E-state index is 0.0925. The Morgan fingerprint density at radius 1 is 1.37 bits per heavy atom. The maximum absolute atomic E-state index is 12.7. The molecule has 0 saturated carbocycles. The predicted molar refractivity (Wildman–Crippen MR) is 86.2 cm³/mol. The minimum atomic E-state index is 0.0925. The third kappa shape index (κ3) is 3.73. The number of halogens is 3. The quantitative estimate of drug-likeness (QED) is 0.638. The molecule has 2 rings (SSSR count). The summed E-state index contributed by atoms with van der Waals surface area (Å²) < 4.78 is 0.766. The number of likely N-dealkylation sites (tertiary alicyclic amines) is 1. The highest BCUT2D eigenvalue weighted by Crippen LogP contribution is 2.26. The van der Waals surface area contributed by atoms with Crippen LogP contribution in [0.4, 0.5) is 0 Å². The number of nitrogens with zero attached hydrogens (tertiary/aromatic N) is 1. The Bertz CT molecular complexity index is 467. The number of alkyl halides is 1. The first-order chi connectivity index (χ1) is 9.13. The largest absolute Gasteiger partial charge is 0.335 e. The smallest absolute Gasteiger partial charge is 0.255 e.